The number of aryl methyl sites for hydroxylation is 2. The summed E-state index contributed by atoms with van der Waals surface area (Å²) in [6.07, 6.45) is 3.89. The van der Waals surface area contributed by atoms with Crippen LogP contribution in [0.1, 0.15) is 34.5 Å². The standard InChI is InChI=1S/C28H31N5O/c1-19-8-9-24(33-12-10-29-11-13-33)16-26(19)28(34)31-20(2)27-15-22(23-17-30-32(3)18-23)14-21-6-4-5-7-25(21)27/h4-9,14-18,20,29H,10-13H2,1-3H3,(H,31,34). The van der Waals surface area contributed by atoms with Crippen molar-refractivity contribution in [2.75, 3.05) is 31.1 Å². The van der Waals surface area contributed by atoms with E-state index < -0.39 is 0 Å². The van der Waals surface area contributed by atoms with Gasteiger partial charge in [-0.15, -0.1) is 0 Å². The van der Waals surface area contributed by atoms with E-state index in [1.165, 1.54) is 0 Å². The third-order valence-corrected chi connectivity index (χ3v) is 6.69. The lowest BCUT2D eigenvalue weighted by Gasteiger charge is -2.30. The lowest BCUT2D eigenvalue weighted by Crippen LogP contribution is -2.43. The Balaban J connectivity index is 1.46. The second-order valence-electron chi connectivity index (χ2n) is 9.12. The Kier molecular flexibility index (Phi) is 6.07. The molecular formula is C28H31N5O. The number of carbonyl (C=O) groups is 1. The molecule has 3 aromatic carbocycles. The number of hydrogen-bond donors (Lipinski definition) is 2. The van der Waals surface area contributed by atoms with Gasteiger partial charge in [0.25, 0.3) is 5.91 Å². The second kappa shape index (κ2) is 9.31. The van der Waals surface area contributed by atoms with Gasteiger partial charge in [0, 0.05) is 56.2 Å². The van der Waals surface area contributed by atoms with E-state index in [9.17, 15) is 4.79 Å². The van der Waals surface area contributed by atoms with Crippen molar-refractivity contribution in [3.8, 4) is 11.1 Å². The van der Waals surface area contributed by atoms with Gasteiger partial charge in [0.15, 0.2) is 0 Å². The predicted molar refractivity (Wildman–Crippen MR) is 138 cm³/mol. The molecule has 1 aromatic heterocycles. The van der Waals surface area contributed by atoms with Gasteiger partial charge in [-0.3, -0.25) is 9.48 Å². The predicted octanol–water partition coefficient (Wildman–Crippen LogP) is 4.45. The van der Waals surface area contributed by atoms with Crippen LogP contribution in [0.15, 0.2) is 67.0 Å². The highest BCUT2D eigenvalue weighted by Crippen LogP contribution is 2.31. The molecule has 0 bridgehead atoms. The van der Waals surface area contributed by atoms with Crippen molar-refractivity contribution in [2.45, 2.75) is 19.9 Å². The average molecular weight is 454 g/mol. The minimum absolute atomic E-state index is 0.0437. The number of fused-ring (bicyclic) bond motifs is 1. The van der Waals surface area contributed by atoms with Crippen molar-refractivity contribution in [3.05, 3.63) is 83.7 Å². The first-order valence-electron chi connectivity index (χ1n) is 11.9. The third-order valence-electron chi connectivity index (χ3n) is 6.69. The zero-order chi connectivity index (χ0) is 23.7. The molecule has 0 aliphatic carbocycles. The summed E-state index contributed by atoms with van der Waals surface area (Å²) in [4.78, 5) is 15.8. The first-order chi connectivity index (χ1) is 16.5. The molecule has 4 aromatic rings. The van der Waals surface area contributed by atoms with E-state index in [2.05, 4.69) is 64.0 Å². The highest BCUT2D eigenvalue weighted by atomic mass is 16.1. The van der Waals surface area contributed by atoms with E-state index in [4.69, 9.17) is 0 Å². The van der Waals surface area contributed by atoms with Gasteiger partial charge in [0.2, 0.25) is 0 Å². The lowest BCUT2D eigenvalue weighted by atomic mass is 9.94. The summed E-state index contributed by atoms with van der Waals surface area (Å²) < 4.78 is 1.81. The van der Waals surface area contributed by atoms with Gasteiger partial charge in [-0.1, -0.05) is 30.3 Å². The highest BCUT2D eigenvalue weighted by Gasteiger charge is 2.19. The van der Waals surface area contributed by atoms with Crippen LogP contribution >= 0.6 is 0 Å². The first-order valence-corrected chi connectivity index (χ1v) is 11.9. The maximum Gasteiger partial charge on any atom is 0.252 e. The highest BCUT2D eigenvalue weighted by molar-refractivity contribution is 5.97. The molecule has 6 heteroatoms. The number of rotatable bonds is 5. The van der Waals surface area contributed by atoms with E-state index in [1.54, 1.807) is 0 Å². The zero-order valence-electron chi connectivity index (χ0n) is 20.0. The van der Waals surface area contributed by atoms with Crippen molar-refractivity contribution in [1.82, 2.24) is 20.4 Å². The number of hydrogen-bond acceptors (Lipinski definition) is 4. The molecule has 1 atom stereocenters. The van der Waals surface area contributed by atoms with Crippen LogP contribution in [-0.4, -0.2) is 41.9 Å². The molecule has 1 saturated heterocycles. The summed E-state index contributed by atoms with van der Waals surface area (Å²) in [7, 11) is 1.92. The summed E-state index contributed by atoms with van der Waals surface area (Å²) in [5.41, 5.74) is 6.08. The maximum atomic E-state index is 13.4. The van der Waals surface area contributed by atoms with E-state index in [-0.39, 0.29) is 11.9 Å². The monoisotopic (exact) mass is 453 g/mol. The van der Waals surface area contributed by atoms with Crippen LogP contribution in [0.25, 0.3) is 21.9 Å². The SMILES string of the molecule is Cc1ccc(N2CCNCC2)cc1C(=O)NC(C)c1cc(-c2cnn(C)c2)cc2ccccc12. The van der Waals surface area contributed by atoms with Crippen LogP contribution in [0.3, 0.4) is 0 Å². The number of aromatic nitrogens is 2. The minimum atomic E-state index is -0.156. The molecule has 0 radical (unpaired) electrons. The topological polar surface area (TPSA) is 62.2 Å². The normalized spacial score (nSPS) is 14.9. The maximum absolute atomic E-state index is 13.4. The minimum Gasteiger partial charge on any atom is -0.369 e. The number of carbonyl (C=O) groups excluding carboxylic acids is 1. The Morgan fingerprint density at radius 1 is 1.06 bits per heavy atom. The molecule has 1 fully saturated rings. The second-order valence-corrected chi connectivity index (χ2v) is 9.12. The largest absolute Gasteiger partial charge is 0.369 e. The summed E-state index contributed by atoms with van der Waals surface area (Å²) >= 11 is 0. The molecule has 174 valence electrons. The lowest BCUT2D eigenvalue weighted by molar-refractivity contribution is 0.0939. The number of nitrogens with zero attached hydrogens (tertiary/aromatic N) is 3. The summed E-state index contributed by atoms with van der Waals surface area (Å²) in [6.45, 7) is 7.89. The van der Waals surface area contributed by atoms with Gasteiger partial charge in [0.1, 0.15) is 0 Å². The van der Waals surface area contributed by atoms with Crippen LogP contribution in [0, 0.1) is 6.92 Å². The number of benzene rings is 3. The van der Waals surface area contributed by atoms with E-state index in [0.29, 0.717) is 0 Å². The molecule has 34 heavy (non-hydrogen) atoms. The van der Waals surface area contributed by atoms with Crippen molar-refractivity contribution in [3.63, 3.8) is 0 Å². The van der Waals surface area contributed by atoms with Gasteiger partial charge >= 0.3 is 0 Å². The fourth-order valence-corrected chi connectivity index (χ4v) is 4.76. The molecule has 2 N–H and O–H groups in total. The Morgan fingerprint density at radius 2 is 1.85 bits per heavy atom. The molecule has 2 heterocycles. The van der Waals surface area contributed by atoms with Gasteiger partial charge < -0.3 is 15.5 Å². The molecule has 6 nitrogen and oxygen atoms in total. The van der Waals surface area contributed by atoms with Crippen LogP contribution in [0.5, 0.6) is 0 Å². The average Bonchev–Trinajstić information content (AvgIpc) is 3.30. The fourth-order valence-electron chi connectivity index (χ4n) is 4.76. The molecule has 0 spiro atoms. The van der Waals surface area contributed by atoms with Gasteiger partial charge in [-0.2, -0.15) is 5.10 Å². The van der Waals surface area contributed by atoms with Crippen LogP contribution in [0.2, 0.25) is 0 Å². The van der Waals surface area contributed by atoms with Crippen molar-refractivity contribution in [2.24, 2.45) is 7.05 Å². The Bertz CT molecular complexity index is 1340. The molecule has 5 rings (SSSR count). The molecule has 1 aliphatic rings. The number of anilines is 1. The van der Waals surface area contributed by atoms with E-state index in [0.717, 1.165) is 70.5 Å². The molecule has 1 amide bonds. The van der Waals surface area contributed by atoms with Gasteiger partial charge in [-0.05, 0) is 65.6 Å². The van der Waals surface area contributed by atoms with Crippen molar-refractivity contribution in [1.29, 1.82) is 0 Å². The van der Waals surface area contributed by atoms with Crippen LogP contribution in [-0.2, 0) is 7.05 Å². The van der Waals surface area contributed by atoms with Crippen molar-refractivity contribution >= 4 is 22.4 Å². The van der Waals surface area contributed by atoms with E-state index >= 15 is 0 Å². The number of amides is 1. The summed E-state index contributed by atoms with van der Waals surface area (Å²) in [5.74, 6) is -0.0437. The number of piperazine rings is 1. The van der Waals surface area contributed by atoms with Gasteiger partial charge in [0.05, 0.1) is 12.2 Å². The molecule has 1 unspecified atom stereocenters. The van der Waals surface area contributed by atoms with Gasteiger partial charge in [-0.25, -0.2) is 0 Å². The Morgan fingerprint density at radius 3 is 2.62 bits per heavy atom. The smallest absolute Gasteiger partial charge is 0.252 e. The molecule has 1 aliphatic heterocycles. The van der Waals surface area contributed by atoms with Crippen LogP contribution in [0.4, 0.5) is 5.69 Å². The first kappa shape index (κ1) is 22.2. The summed E-state index contributed by atoms with van der Waals surface area (Å²) in [5, 5.41) is 13.3. The molecular weight excluding hydrogens is 422 g/mol. The van der Waals surface area contributed by atoms with E-state index in [1.807, 2.05) is 49.2 Å². The third kappa shape index (κ3) is 4.41. The quantitative estimate of drug-likeness (QED) is 0.469. The Labute approximate surface area is 200 Å². The Hall–Kier alpha value is -3.64. The zero-order valence-corrected chi connectivity index (χ0v) is 20.0. The van der Waals surface area contributed by atoms with Crippen molar-refractivity contribution < 1.29 is 4.79 Å². The fraction of sp³-hybridized carbons (Fsp3) is 0.286. The molecule has 0 saturated carbocycles. The number of nitrogens with one attached hydrogen (secondary N) is 2. The van der Waals surface area contributed by atoms with Crippen LogP contribution < -0.4 is 15.5 Å². The summed E-state index contributed by atoms with van der Waals surface area (Å²) in [6, 6.07) is 18.7.